The number of hydrogen-bond acceptors (Lipinski definition) is 9. The molecule has 1 aromatic carbocycles. The molecule has 4 aromatic rings. The monoisotopic (exact) mass is 450 g/mol. The van der Waals surface area contributed by atoms with Crippen molar-refractivity contribution in [3.8, 4) is 5.75 Å². The van der Waals surface area contributed by atoms with E-state index < -0.39 is 0 Å². The minimum absolute atomic E-state index is 0.425. The van der Waals surface area contributed by atoms with Gasteiger partial charge in [0.15, 0.2) is 0 Å². The third-order valence-electron chi connectivity index (χ3n) is 3.57. The van der Waals surface area contributed by atoms with Gasteiger partial charge in [-0.05, 0) is 31.2 Å². The van der Waals surface area contributed by atoms with Crippen LogP contribution in [0.15, 0.2) is 44.7 Å². The maximum absolute atomic E-state index is 5.87. The zero-order chi connectivity index (χ0) is 19.3. The first-order valence-corrected chi connectivity index (χ1v) is 11.4. The van der Waals surface area contributed by atoms with E-state index in [2.05, 4.69) is 20.2 Å². The van der Waals surface area contributed by atoms with Gasteiger partial charge in [0.05, 0.1) is 22.8 Å². The predicted molar refractivity (Wildman–Crippen MR) is 111 cm³/mol. The zero-order valence-corrected chi connectivity index (χ0v) is 18.0. The number of thioether (sulfide) groups is 1. The summed E-state index contributed by atoms with van der Waals surface area (Å²) in [6.07, 6.45) is 0.556. The molecule has 0 aliphatic heterocycles. The van der Waals surface area contributed by atoms with Crippen LogP contribution >= 0.6 is 46.0 Å². The molecule has 144 valence electrons. The molecule has 0 aliphatic carbocycles. The van der Waals surface area contributed by atoms with Crippen molar-refractivity contribution in [1.29, 1.82) is 0 Å². The minimum atomic E-state index is 0.425. The third kappa shape index (κ3) is 5.32. The molecule has 0 atom stereocenters. The number of halogens is 1. The number of rotatable bonds is 8. The van der Waals surface area contributed by atoms with E-state index in [1.807, 2.05) is 29.8 Å². The van der Waals surface area contributed by atoms with Crippen LogP contribution in [0.1, 0.15) is 27.3 Å². The molecule has 10 heteroatoms. The number of aromatic nitrogens is 4. The summed E-state index contributed by atoms with van der Waals surface area (Å²) in [5.74, 6) is 2.00. The first kappa shape index (κ1) is 19.4. The minimum Gasteiger partial charge on any atom is -0.486 e. The van der Waals surface area contributed by atoms with Gasteiger partial charge < -0.3 is 9.15 Å². The molecule has 0 saturated heterocycles. The Morgan fingerprint density at radius 1 is 1.07 bits per heavy atom. The quantitative estimate of drug-likeness (QED) is 0.332. The summed E-state index contributed by atoms with van der Waals surface area (Å²) in [6.45, 7) is 2.40. The largest absolute Gasteiger partial charge is 0.486 e. The van der Waals surface area contributed by atoms with Crippen molar-refractivity contribution in [2.45, 2.75) is 30.9 Å². The summed E-state index contributed by atoms with van der Waals surface area (Å²) in [7, 11) is 0. The van der Waals surface area contributed by atoms with Crippen molar-refractivity contribution in [2.75, 3.05) is 0 Å². The topological polar surface area (TPSA) is 73.9 Å². The predicted octanol–water partition coefficient (Wildman–Crippen LogP) is 5.41. The average Bonchev–Trinajstić information content (AvgIpc) is 3.42. The molecule has 0 amide bonds. The second-order valence-corrected chi connectivity index (χ2v) is 9.13. The summed E-state index contributed by atoms with van der Waals surface area (Å²) in [5, 5.41) is 15.4. The van der Waals surface area contributed by atoms with Gasteiger partial charge in [0.25, 0.3) is 5.22 Å². The highest BCUT2D eigenvalue weighted by Gasteiger charge is 2.11. The van der Waals surface area contributed by atoms with Crippen LogP contribution in [0.5, 0.6) is 5.75 Å². The Bertz CT molecular complexity index is 1050. The molecule has 0 unspecified atom stereocenters. The fourth-order valence-corrected chi connectivity index (χ4v) is 4.53. The van der Waals surface area contributed by atoms with E-state index in [1.165, 1.54) is 11.8 Å². The highest BCUT2D eigenvalue weighted by atomic mass is 35.5. The van der Waals surface area contributed by atoms with Gasteiger partial charge in [0.1, 0.15) is 17.4 Å². The summed E-state index contributed by atoms with van der Waals surface area (Å²) in [6, 6.07) is 7.28. The Kier molecular flexibility index (Phi) is 6.26. The van der Waals surface area contributed by atoms with Crippen LogP contribution in [-0.2, 0) is 18.8 Å². The van der Waals surface area contributed by atoms with Gasteiger partial charge in [0, 0.05) is 21.5 Å². The lowest BCUT2D eigenvalue weighted by atomic mass is 10.3. The van der Waals surface area contributed by atoms with Gasteiger partial charge in [-0.3, -0.25) is 0 Å². The fraction of sp³-hybridized carbons (Fsp3) is 0.222. The number of thiazole rings is 2. The fourth-order valence-electron chi connectivity index (χ4n) is 2.31. The second-order valence-electron chi connectivity index (χ2n) is 5.76. The lowest BCUT2D eigenvalue weighted by molar-refractivity contribution is 0.305. The Labute approximate surface area is 179 Å². The van der Waals surface area contributed by atoms with Gasteiger partial charge in [-0.25, -0.2) is 9.97 Å². The number of hydrogen-bond donors (Lipinski definition) is 0. The average molecular weight is 451 g/mol. The summed E-state index contributed by atoms with van der Waals surface area (Å²) in [4.78, 5) is 9.00. The molecule has 4 rings (SSSR count). The van der Waals surface area contributed by atoms with E-state index in [0.29, 0.717) is 34.9 Å². The standard InChI is InChI=1S/C18H15ClN4O2S3/c1-11-20-13(8-26-11)6-16-22-23-18(25-16)28-10-14-9-27-17(21-14)7-24-15-4-2-12(19)3-5-15/h2-5,8-9H,6-7,10H2,1H3. The molecule has 0 aliphatic rings. The first-order chi connectivity index (χ1) is 13.6. The highest BCUT2D eigenvalue weighted by Crippen LogP contribution is 2.24. The molecule has 0 spiro atoms. The van der Waals surface area contributed by atoms with Crippen molar-refractivity contribution in [3.63, 3.8) is 0 Å². The summed E-state index contributed by atoms with van der Waals surface area (Å²) >= 11 is 10.5. The van der Waals surface area contributed by atoms with Crippen LogP contribution in [0.25, 0.3) is 0 Å². The van der Waals surface area contributed by atoms with E-state index in [4.69, 9.17) is 20.8 Å². The van der Waals surface area contributed by atoms with E-state index in [0.717, 1.165) is 27.2 Å². The number of aryl methyl sites for hydroxylation is 1. The van der Waals surface area contributed by atoms with E-state index in [-0.39, 0.29) is 0 Å². The SMILES string of the molecule is Cc1nc(Cc2nnc(SCc3csc(COc4ccc(Cl)cc4)n3)o2)cs1. The number of ether oxygens (including phenoxy) is 1. The maximum atomic E-state index is 5.87. The molecule has 28 heavy (non-hydrogen) atoms. The number of nitrogens with zero attached hydrogens (tertiary/aromatic N) is 4. The van der Waals surface area contributed by atoms with Crippen LogP contribution in [-0.4, -0.2) is 20.2 Å². The lowest BCUT2D eigenvalue weighted by Crippen LogP contribution is -1.95. The lowest BCUT2D eigenvalue weighted by Gasteiger charge is -2.03. The van der Waals surface area contributed by atoms with Crippen LogP contribution in [0.3, 0.4) is 0 Å². The smallest absolute Gasteiger partial charge is 0.276 e. The van der Waals surface area contributed by atoms with Crippen molar-refractivity contribution < 1.29 is 9.15 Å². The molecule has 6 nitrogen and oxygen atoms in total. The van der Waals surface area contributed by atoms with E-state index in [9.17, 15) is 0 Å². The van der Waals surface area contributed by atoms with Crippen molar-refractivity contribution in [3.05, 3.63) is 67.3 Å². The summed E-state index contributed by atoms with van der Waals surface area (Å²) in [5.41, 5.74) is 1.91. The molecule has 3 aromatic heterocycles. The van der Waals surface area contributed by atoms with Crippen LogP contribution in [0.4, 0.5) is 0 Å². The normalized spacial score (nSPS) is 11.1. The summed E-state index contributed by atoms with van der Waals surface area (Å²) < 4.78 is 11.4. The molecule has 0 fully saturated rings. The molecular formula is C18H15ClN4O2S3. The van der Waals surface area contributed by atoms with Gasteiger partial charge in [-0.2, -0.15) is 0 Å². The van der Waals surface area contributed by atoms with Crippen molar-refractivity contribution >= 4 is 46.0 Å². The molecule has 0 bridgehead atoms. The van der Waals surface area contributed by atoms with Crippen molar-refractivity contribution in [2.24, 2.45) is 0 Å². The maximum Gasteiger partial charge on any atom is 0.276 e. The van der Waals surface area contributed by atoms with E-state index >= 15 is 0 Å². The molecule has 0 saturated carbocycles. The van der Waals surface area contributed by atoms with Crippen molar-refractivity contribution in [1.82, 2.24) is 20.2 Å². The Balaban J connectivity index is 1.27. The zero-order valence-electron chi connectivity index (χ0n) is 14.8. The second kappa shape index (κ2) is 9.04. The Morgan fingerprint density at radius 2 is 1.89 bits per heavy atom. The van der Waals surface area contributed by atoms with Crippen LogP contribution in [0.2, 0.25) is 5.02 Å². The van der Waals surface area contributed by atoms with Gasteiger partial charge in [-0.1, -0.05) is 23.4 Å². The van der Waals surface area contributed by atoms with Crippen LogP contribution < -0.4 is 4.74 Å². The van der Waals surface area contributed by atoms with Gasteiger partial charge >= 0.3 is 0 Å². The van der Waals surface area contributed by atoms with Gasteiger partial charge in [0.2, 0.25) is 5.89 Å². The third-order valence-corrected chi connectivity index (χ3v) is 6.36. The Morgan fingerprint density at radius 3 is 2.68 bits per heavy atom. The van der Waals surface area contributed by atoms with Crippen LogP contribution in [0, 0.1) is 6.92 Å². The highest BCUT2D eigenvalue weighted by molar-refractivity contribution is 7.98. The molecular weight excluding hydrogens is 436 g/mol. The number of benzene rings is 1. The molecule has 0 radical (unpaired) electrons. The molecule has 0 N–H and O–H groups in total. The molecule has 3 heterocycles. The van der Waals surface area contributed by atoms with Gasteiger partial charge in [-0.15, -0.1) is 32.9 Å². The Hall–Kier alpha value is -1.94. The van der Waals surface area contributed by atoms with E-state index in [1.54, 1.807) is 34.8 Å². The first-order valence-electron chi connectivity index (χ1n) is 8.32.